The number of thiazole rings is 1. The van der Waals surface area contributed by atoms with Crippen LogP contribution in [0.4, 0.5) is 0 Å². The third-order valence-corrected chi connectivity index (χ3v) is 5.71. The van der Waals surface area contributed by atoms with E-state index in [9.17, 15) is 9.59 Å². The highest BCUT2D eigenvalue weighted by Crippen LogP contribution is 2.26. The van der Waals surface area contributed by atoms with Gasteiger partial charge >= 0.3 is 0 Å². The number of hydrogen-bond acceptors (Lipinski definition) is 4. The van der Waals surface area contributed by atoms with E-state index in [4.69, 9.17) is 0 Å². The lowest BCUT2D eigenvalue weighted by Crippen LogP contribution is -2.42. The van der Waals surface area contributed by atoms with E-state index in [0.29, 0.717) is 13.0 Å². The van der Waals surface area contributed by atoms with Crippen LogP contribution in [0.3, 0.4) is 0 Å². The van der Waals surface area contributed by atoms with E-state index in [1.165, 1.54) is 6.42 Å². The molecule has 6 heteroatoms. The predicted octanol–water partition coefficient (Wildman–Crippen LogP) is 3.46. The van der Waals surface area contributed by atoms with Crippen molar-refractivity contribution in [3.05, 3.63) is 15.6 Å². The van der Waals surface area contributed by atoms with Crippen LogP contribution in [0.2, 0.25) is 0 Å². The van der Waals surface area contributed by atoms with Crippen LogP contribution in [0, 0.1) is 13.8 Å². The number of rotatable bonds is 4. The molecule has 2 rings (SSSR count). The first kappa shape index (κ1) is 18.9. The quantitative estimate of drug-likeness (QED) is 0.835. The van der Waals surface area contributed by atoms with Gasteiger partial charge in [0.2, 0.25) is 11.8 Å². The van der Waals surface area contributed by atoms with E-state index < -0.39 is 0 Å². The Morgan fingerprint density at radius 2 is 1.92 bits per heavy atom. The van der Waals surface area contributed by atoms with Gasteiger partial charge in [-0.05, 0) is 33.6 Å². The van der Waals surface area contributed by atoms with Crippen molar-refractivity contribution in [3.8, 4) is 0 Å². The summed E-state index contributed by atoms with van der Waals surface area (Å²) >= 11 is 1.66. The van der Waals surface area contributed by atoms with Crippen molar-refractivity contribution in [3.63, 3.8) is 0 Å². The highest BCUT2D eigenvalue weighted by molar-refractivity contribution is 7.11. The second-order valence-electron chi connectivity index (χ2n) is 6.69. The lowest BCUT2D eigenvalue weighted by atomic mass is 10.1. The van der Waals surface area contributed by atoms with Gasteiger partial charge in [0.05, 0.1) is 23.3 Å². The Balaban J connectivity index is 2.01. The first-order chi connectivity index (χ1) is 11.4. The number of carbonyl (C=O) groups is 2. The molecule has 2 amide bonds. The van der Waals surface area contributed by atoms with Gasteiger partial charge in [0.15, 0.2) is 0 Å². The minimum atomic E-state index is -0.0740. The molecule has 1 saturated heterocycles. The van der Waals surface area contributed by atoms with Crippen LogP contribution in [0.5, 0.6) is 0 Å². The van der Waals surface area contributed by atoms with Crippen molar-refractivity contribution in [2.24, 2.45) is 0 Å². The van der Waals surface area contributed by atoms with Gasteiger partial charge in [0, 0.05) is 24.9 Å². The number of nitrogens with zero attached hydrogens (tertiary/aromatic N) is 3. The SMILES string of the molecule is Cc1nc([C@H](C)N(C)C(=O)CN2CCCCCCCC2=O)c(C)s1. The van der Waals surface area contributed by atoms with Crippen LogP contribution in [0.1, 0.15) is 67.1 Å². The highest BCUT2D eigenvalue weighted by atomic mass is 32.1. The van der Waals surface area contributed by atoms with Crippen LogP contribution in [0.15, 0.2) is 0 Å². The minimum Gasteiger partial charge on any atom is -0.336 e. The van der Waals surface area contributed by atoms with Gasteiger partial charge in [-0.15, -0.1) is 11.3 Å². The van der Waals surface area contributed by atoms with Gasteiger partial charge in [-0.1, -0.05) is 19.3 Å². The zero-order valence-corrected chi connectivity index (χ0v) is 16.1. The van der Waals surface area contributed by atoms with E-state index >= 15 is 0 Å². The summed E-state index contributed by atoms with van der Waals surface area (Å²) in [7, 11) is 1.81. The van der Waals surface area contributed by atoms with Crippen molar-refractivity contribution < 1.29 is 9.59 Å². The smallest absolute Gasteiger partial charge is 0.242 e. The van der Waals surface area contributed by atoms with Crippen molar-refractivity contribution in [2.45, 2.75) is 65.3 Å². The number of carbonyl (C=O) groups excluding carboxylic acids is 2. The molecule has 1 aromatic rings. The summed E-state index contributed by atoms with van der Waals surface area (Å²) in [6.07, 6.45) is 5.94. The normalized spacial score (nSPS) is 17.8. The molecule has 1 aliphatic heterocycles. The molecule has 0 aliphatic carbocycles. The predicted molar refractivity (Wildman–Crippen MR) is 97.1 cm³/mol. The fourth-order valence-corrected chi connectivity index (χ4v) is 4.07. The Labute approximate surface area is 149 Å². The summed E-state index contributed by atoms with van der Waals surface area (Å²) in [5.41, 5.74) is 0.962. The maximum absolute atomic E-state index is 12.7. The average Bonchev–Trinajstić information content (AvgIpc) is 2.92. The van der Waals surface area contributed by atoms with Crippen molar-refractivity contribution in [1.29, 1.82) is 0 Å². The standard InChI is InChI=1S/C18H29N3O2S/c1-13(18-14(2)24-15(3)19-18)20(4)17(23)12-21-11-9-7-5-6-8-10-16(21)22/h13H,5-12H2,1-4H3/t13-/m0/s1. The number of aromatic nitrogens is 1. The minimum absolute atomic E-state index is 0.0138. The Hall–Kier alpha value is -1.43. The fourth-order valence-electron chi connectivity index (χ4n) is 3.17. The molecule has 0 spiro atoms. The number of likely N-dealkylation sites (N-methyl/N-ethyl adjacent to an activating group) is 1. The first-order valence-corrected chi connectivity index (χ1v) is 9.69. The van der Waals surface area contributed by atoms with Crippen LogP contribution >= 0.6 is 11.3 Å². The van der Waals surface area contributed by atoms with E-state index in [-0.39, 0.29) is 24.4 Å². The highest BCUT2D eigenvalue weighted by Gasteiger charge is 2.25. The zero-order chi connectivity index (χ0) is 17.7. The maximum Gasteiger partial charge on any atom is 0.242 e. The topological polar surface area (TPSA) is 53.5 Å². The summed E-state index contributed by atoms with van der Waals surface area (Å²) in [5, 5.41) is 1.02. The van der Waals surface area contributed by atoms with E-state index in [2.05, 4.69) is 4.98 Å². The second kappa shape index (κ2) is 8.60. The molecule has 1 aromatic heterocycles. The second-order valence-corrected chi connectivity index (χ2v) is 8.10. The monoisotopic (exact) mass is 351 g/mol. The molecule has 2 heterocycles. The molecule has 134 valence electrons. The largest absolute Gasteiger partial charge is 0.336 e. The number of aryl methyl sites for hydroxylation is 2. The third kappa shape index (κ3) is 4.79. The Bertz CT molecular complexity index is 585. The molecule has 0 unspecified atom stereocenters. The molecule has 1 aliphatic rings. The Morgan fingerprint density at radius 3 is 2.58 bits per heavy atom. The van der Waals surface area contributed by atoms with Gasteiger partial charge in [0.1, 0.15) is 0 Å². The average molecular weight is 352 g/mol. The third-order valence-electron chi connectivity index (χ3n) is 4.81. The van der Waals surface area contributed by atoms with Gasteiger partial charge in [-0.2, -0.15) is 0 Å². The lowest BCUT2D eigenvalue weighted by Gasteiger charge is -2.28. The molecule has 24 heavy (non-hydrogen) atoms. The molecule has 0 N–H and O–H groups in total. The molecule has 0 radical (unpaired) electrons. The van der Waals surface area contributed by atoms with Crippen LogP contribution in [-0.2, 0) is 9.59 Å². The van der Waals surface area contributed by atoms with E-state index in [1.54, 1.807) is 21.1 Å². The van der Waals surface area contributed by atoms with Crippen LogP contribution < -0.4 is 0 Å². The first-order valence-electron chi connectivity index (χ1n) is 8.87. The van der Waals surface area contributed by atoms with Gasteiger partial charge in [0.25, 0.3) is 0 Å². The fraction of sp³-hybridized carbons (Fsp3) is 0.722. The molecular formula is C18H29N3O2S. The molecule has 0 saturated carbocycles. The maximum atomic E-state index is 12.7. The summed E-state index contributed by atoms with van der Waals surface area (Å²) in [5.74, 6) is 0.104. The zero-order valence-electron chi connectivity index (χ0n) is 15.3. The Kier molecular flexibility index (Phi) is 6.78. The van der Waals surface area contributed by atoms with E-state index in [0.717, 1.165) is 41.3 Å². The summed E-state index contributed by atoms with van der Waals surface area (Å²) < 4.78 is 0. The summed E-state index contributed by atoms with van der Waals surface area (Å²) in [6.45, 7) is 6.90. The van der Waals surface area contributed by atoms with Crippen LogP contribution in [0.25, 0.3) is 0 Å². The number of amides is 2. The Morgan fingerprint density at radius 1 is 1.25 bits per heavy atom. The molecule has 0 bridgehead atoms. The molecular weight excluding hydrogens is 322 g/mol. The summed E-state index contributed by atoms with van der Waals surface area (Å²) in [4.78, 5) is 34.2. The van der Waals surface area contributed by atoms with Gasteiger partial charge in [-0.25, -0.2) is 4.98 Å². The lowest BCUT2D eigenvalue weighted by molar-refractivity contribution is -0.141. The van der Waals surface area contributed by atoms with Crippen molar-refractivity contribution >= 4 is 23.2 Å². The number of hydrogen-bond donors (Lipinski definition) is 0. The molecule has 0 aromatic carbocycles. The molecule has 1 atom stereocenters. The summed E-state index contributed by atoms with van der Waals surface area (Å²) in [6, 6.07) is -0.0740. The van der Waals surface area contributed by atoms with Crippen LogP contribution in [-0.4, -0.2) is 46.7 Å². The molecule has 5 nitrogen and oxygen atoms in total. The van der Waals surface area contributed by atoms with E-state index in [1.807, 2.05) is 27.8 Å². The van der Waals surface area contributed by atoms with Crippen molar-refractivity contribution in [1.82, 2.24) is 14.8 Å². The van der Waals surface area contributed by atoms with Gasteiger partial charge < -0.3 is 9.80 Å². The van der Waals surface area contributed by atoms with Crippen molar-refractivity contribution in [2.75, 3.05) is 20.1 Å². The molecule has 1 fully saturated rings. The van der Waals surface area contributed by atoms with Gasteiger partial charge in [-0.3, -0.25) is 9.59 Å².